The van der Waals surface area contributed by atoms with Crippen LogP contribution in [0.4, 0.5) is 0 Å². The Balaban J connectivity index is 2.06. The summed E-state index contributed by atoms with van der Waals surface area (Å²) in [5, 5.41) is 5.50. The number of nitrogens with one attached hydrogen (secondary N) is 1. The monoisotopic (exact) mass is 297 g/mol. The number of unbranched alkanes of at least 4 members (excludes halogenated alkanes) is 1. The lowest BCUT2D eigenvalue weighted by Gasteiger charge is -2.43. The molecule has 0 aromatic heterocycles. The Morgan fingerprint density at radius 2 is 2.14 bits per heavy atom. The quantitative estimate of drug-likeness (QED) is 0.842. The predicted molar refractivity (Wildman–Crippen MR) is 83.6 cm³/mol. The zero-order valence-corrected chi connectivity index (χ0v) is 13.6. The molecular formula is C16H31N3O2. The number of hydroxylamine groups is 2. The van der Waals surface area contributed by atoms with Gasteiger partial charge in [0.25, 0.3) is 0 Å². The molecule has 5 heteroatoms. The second-order valence-electron chi connectivity index (χ2n) is 6.29. The van der Waals surface area contributed by atoms with Crippen LogP contribution in [-0.4, -0.2) is 54.3 Å². The Morgan fingerprint density at radius 1 is 1.29 bits per heavy atom. The third-order valence-electron chi connectivity index (χ3n) is 4.56. The van der Waals surface area contributed by atoms with Crippen LogP contribution >= 0.6 is 0 Å². The van der Waals surface area contributed by atoms with E-state index in [1.807, 2.05) is 5.06 Å². The van der Waals surface area contributed by atoms with Crippen molar-refractivity contribution >= 4 is 5.97 Å². The van der Waals surface area contributed by atoms with Gasteiger partial charge in [0.1, 0.15) is 0 Å². The van der Waals surface area contributed by atoms with E-state index in [-0.39, 0.29) is 12.1 Å². The van der Waals surface area contributed by atoms with Crippen molar-refractivity contribution in [2.75, 3.05) is 26.2 Å². The smallest absolute Gasteiger partial charge is 0.322 e. The van der Waals surface area contributed by atoms with Crippen LogP contribution in [0.2, 0.25) is 0 Å². The summed E-state index contributed by atoms with van der Waals surface area (Å²) < 4.78 is 0. The van der Waals surface area contributed by atoms with Crippen molar-refractivity contribution in [3.05, 3.63) is 0 Å². The molecule has 2 fully saturated rings. The van der Waals surface area contributed by atoms with Gasteiger partial charge < -0.3 is 10.2 Å². The van der Waals surface area contributed by atoms with Gasteiger partial charge in [-0.3, -0.25) is 9.69 Å². The molecule has 0 bridgehead atoms. The minimum atomic E-state index is -0.194. The lowest BCUT2D eigenvalue weighted by Crippen LogP contribution is -2.56. The first kappa shape index (κ1) is 16.7. The Morgan fingerprint density at radius 3 is 2.90 bits per heavy atom. The van der Waals surface area contributed by atoms with Crippen LogP contribution in [0.25, 0.3) is 0 Å². The predicted octanol–water partition coefficient (Wildman–Crippen LogP) is 2.13. The molecule has 2 aliphatic rings. The van der Waals surface area contributed by atoms with Crippen molar-refractivity contribution in [1.29, 1.82) is 0 Å². The highest BCUT2D eigenvalue weighted by Gasteiger charge is 2.34. The zero-order chi connectivity index (χ0) is 15.1. The average molecular weight is 297 g/mol. The van der Waals surface area contributed by atoms with E-state index in [4.69, 9.17) is 4.84 Å². The van der Waals surface area contributed by atoms with E-state index >= 15 is 0 Å². The van der Waals surface area contributed by atoms with E-state index in [1.165, 1.54) is 39.0 Å². The SMILES string of the molecule is CCCCC1CNCCCN1C1CCCCN1OC(C)=O. The maximum absolute atomic E-state index is 11.4. The first-order valence-corrected chi connectivity index (χ1v) is 8.64. The van der Waals surface area contributed by atoms with Crippen LogP contribution in [0.1, 0.15) is 58.8 Å². The van der Waals surface area contributed by atoms with Gasteiger partial charge in [0.05, 0.1) is 6.17 Å². The van der Waals surface area contributed by atoms with Crippen molar-refractivity contribution in [3.63, 3.8) is 0 Å². The fraction of sp³-hybridized carbons (Fsp3) is 0.938. The molecule has 2 heterocycles. The fourth-order valence-electron chi connectivity index (χ4n) is 3.55. The molecule has 5 nitrogen and oxygen atoms in total. The maximum Gasteiger partial charge on any atom is 0.322 e. The highest BCUT2D eigenvalue weighted by molar-refractivity contribution is 5.65. The normalized spacial score (nSPS) is 29.0. The maximum atomic E-state index is 11.4. The molecule has 0 aromatic rings. The van der Waals surface area contributed by atoms with E-state index < -0.39 is 0 Å². The van der Waals surface area contributed by atoms with E-state index in [1.54, 1.807) is 0 Å². The van der Waals surface area contributed by atoms with Gasteiger partial charge in [-0.1, -0.05) is 19.8 Å². The van der Waals surface area contributed by atoms with Crippen LogP contribution in [0.15, 0.2) is 0 Å². The summed E-state index contributed by atoms with van der Waals surface area (Å²) in [4.78, 5) is 19.4. The summed E-state index contributed by atoms with van der Waals surface area (Å²) in [6.07, 6.45) is 8.63. The van der Waals surface area contributed by atoms with Crippen LogP contribution in [0.3, 0.4) is 0 Å². The zero-order valence-electron chi connectivity index (χ0n) is 13.6. The molecule has 2 unspecified atom stereocenters. The second-order valence-corrected chi connectivity index (χ2v) is 6.29. The minimum Gasteiger partial charge on any atom is -0.367 e. The summed E-state index contributed by atoms with van der Waals surface area (Å²) in [7, 11) is 0. The minimum absolute atomic E-state index is 0.194. The summed E-state index contributed by atoms with van der Waals surface area (Å²) in [6.45, 7) is 7.88. The van der Waals surface area contributed by atoms with Crippen molar-refractivity contribution in [1.82, 2.24) is 15.3 Å². The molecule has 2 atom stereocenters. The van der Waals surface area contributed by atoms with Crippen molar-refractivity contribution in [3.8, 4) is 0 Å². The highest BCUT2D eigenvalue weighted by Crippen LogP contribution is 2.25. The number of nitrogens with zero attached hydrogens (tertiary/aromatic N) is 2. The standard InChI is InChI=1S/C16H31N3O2/c1-3-4-8-15-13-17-10-7-11-18(15)16-9-5-6-12-19(16)21-14(2)20/h15-17H,3-13H2,1-2H3. The van der Waals surface area contributed by atoms with E-state index in [0.717, 1.165) is 39.0 Å². The summed E-state index contributed by atoms with van der Waals surface area (Å²) in [5.74, 6) is -0.194. The molecule has 0 saturated carbocycles. The number of hydrogen-bond acceptors (Lipinski definition) is 5. The van der Waals surface area contributed by atoms with Crippen LogP contribution in [0, 0.1) is 0 Å². The molecule has 2 rings (SSSR count). The van der Waals surface area contributed by atoms with Gasteiger partial charge in [-0.25, -0.2) is 0 Å². The van der Waals surface area contributed by atoms with E-state index in [9.17, 15) is 4.79 Å². The fourth-order valence-corrected chi connectivity index (χ4v) is 3.55. The van der Waals surface area contributed by atoms with Crippen molar-refractivity contribution < 1.29 is 9.63 Å². The lowest BCUT2D eigenvalue weighted by atomic mass is 10.0. The van der Waals surface area contributed by atoms with Gasteiger partial charge in [0.15, 0.2) is 0 Å². The summed E-state index contributed by atoms with van der Waals surface area (Å²) in [5.41, 5.74) is 0. The van der Waals surface area contributed by atoms with E-state index in [0.29, 0.717) is 6.04 Å². The third-order valence-corrected chi connectivity index (χ3v) is 4.56. The molecule has 1 N–H and O–H groups in total. The van der Waals surface area contributed by atoms with Crippen molar-refractivity contribution in [2.24, 2.45) is 0 Å². The number of piperidine rings is 1. The van der Waals surface area contributed by atoms with Crippen LogP contribution in [-0.2, 0) is 9.63 Å². The second kappa shape index (κ2) is 8.71. The largest absolute Gasteiger partial charge is 0.367 e. The molecule has 21 heavy (non-hydrogen) atoms. The molecule has 0 amide bonds. The average Bonchev–Trinajstić information content (AvgIpc) is 2.70. The number of carbonyl (C=O) groups is 1. The molecule has 0 aromatic carbocycles. The first-order chi connectivity index (χ1) is 10.2. The molecule has 122 valence electrons. The van der Waals surface area contributed by atoms with Gasteiger partial charge in [0, 0.05) is 32.6 Å². The molecule has 0 radical (unpaired) electrons. The Hall–Kier alpha value is -0.650. The molecule has 0 aliphatic carbocycles. The summed E-state index contributed by atoms with van der Waals surface area (Å²) in [6, 6.07) is 0.564. The Kier molecular flexibility index (Phi) is 6.93. The number of rotatable bonds is 5. The van der Waals surface area contributed by atoms with Gasteiger partial charge in [0.2, 0.25) is 0 Å². The van der Waals surface area contributed by atoms with Crippen LogP contribution < -0.4 is 5.32 Å². The Labute approximate surface area is 129 Å². The molecule has 2 aliphatic heterocycles. The first-order valence-electron chi connectivity index (χ1n) is 8.64. The van der Waals surface area contributed by atoms with Gasteiger partial charge >= 0.3 is 5.97 Å². The Bertz CT molecular complexity index is 325. The third kappa shape index (κ3) is 4.94. The van der Waals surface area contributed by atoms with E-state index in [2.05, 4.69) is 17.1 Å². The lowest BCUT2D eigenvalue weighted by molar-refractivity contribution is -0.229. The summed E-state index contributed by atoms with van der Waals surface area (Å²) >= 11 is 0. The van der Waals surface area contributed by atoms with Gasteiger partial charge in [-0.2, -0.15) is 0 Å². The number of hydrogen-bond donors (Lipinski definition) is 1. The molecular weight excluding hydrogens is 266 g/mol. The topological polar surface area (TPSA) is 44.8 Å². The molecule has 0 spiro atoms. The number of carbonyl (C=O) groups excluding carboxylic acids is 1. The van der Waals surface area contributed by atoms with Gasteiger partial charge in [-0.05, 0) is 38.6 Å². The van der Waals surface area contributed by atoms with Crippen LogP contribution in [0.5, 0.6) is 0 Å². The molecule has 2 saturated heterocycles. The van der Waals surface area contributed by atoms with Gasteiger partial charge in [-0.15, -0.1) is 5.06 Å². The highest BCUT2D eigenvalue weighted by atomic mass is 16.7. The van der Waals surface area contributed by atoms with Crippen molar-refractivity contribution in [2.45, 2.75) is 71.0 Å².